The number of carbonyl (C=O) groups is 1. The van der Waals surface area contributed by atoms with E-state index in [0.717, 1.165) is 41.8 Å². The van der Waals surface area contributed by atoms with Crippen LogP contribution in [-0.2, 0) is 0 Å². The molecule has 1 saturated heterocycles. The number of nitrogens with zero attached hydrogens (tertiary/aromatic N) is 3. The molecule has 2 heterocycles. The Kier molecular flexibility index (Phi) is 5.10. The molecule has 0 spiro atoms. The normalized spacial score (nSPS) is 16.8. The van der Waals surface area contributed by atoms with Gasteiger partial charge >= 0.3 is 0 Å². The van der Waals surface area contributed by atoms with Gasteiger partial charge in [-0.15, -0.1) is 0 Å². The lowest BCUT2D eigenvalue weighted by Gasteiger charge is -2.31. The molecule has 3 aromatic rings. The maximum atomic E-state index is 12.8. The lowest BCUT2D eigenvalue weighted by atomic mass is 9.97. The predicted molar refractivity (Wildman–Crippen MR) is 105 cm³/mol. The van der Waals surface area contributed by atoms with Gasteiger partial charge in [0.1, 0.15) is 5.75 Å². The van der Waals surface area contributed by atoms with Gasteiger partial charge in [0.15, 0.2) is 0 Å². The largest absolute Gasteiger partial charge is 0.497 e. The van der Waals surface area contributed by atoms with Crippen LogP contribution in [0.4, 0.5) is 0 Å². The molecule has 144 valence electrons. The highest BCUT2D eigenvalue weighted by Crippen LogP contribution is 2.29. The van der Waals surface area contributed by atoms with Gasteiger partial charge in [-0.2, -0.15) is 4.98 Å². The summed E-state index contributed by atoms with van der Waals surface area (Å²) in [5, 5.41) is 4.12. The summed E-state index contributed by atoms with van der Waals surface area (Å²) in [7, 11) is 1.63. The molecule has 28 heavy (non-hydrogen) atoms. The van der Waals surface area contributed by atoms with Crippen molar-refractivity contribution in [3.8, 4) is 17.1 Å². The Morgan fingerprint density at radius 1 is 1.14 bits per heavy atom. The summed E-state index contributed by atoms with van der Waals surface area (Å²) in [4.78, 5) is 19.3. The van der Waals surface area contributed by atoms with Crippen molar-refractivity contribution in [2.45, 2.75) is 25.7 Å². The Hall–Kier alpha value is -3.15. The van der Waals surface area contributed by atoms with Gasteiger partial charge in [-0.25, -0.2) is 0 Å². The molecule has 1 amide bonds. The Morgan fingerprint density at radius 3 is 2.61 bits per heavy atom. The van der Waals surface area contributed by atoms with Crippen LogP contribution >= 0.6 is 0 Å². The quantitative estimate of drug-likeness (QED) is 0.685. The summed E-state index contributed by atoms with van der Waals surface area (Å²) in [6.07, 6.45) is 1.85. The van der Waals surface area contributed by atoms with Crippen molar-refractivity contribution < 1.29 is 14.1 Å². The standard InChI is InChI=1S/C22H23N3O3/c1-15-5-7-17(8-6-15)22(26)25-13-3-4-18(14-25)21-23-20(24-28-21)16-9-11-19(27-2)12-10-16/h5-12,18H,3-4,13-14H2,1-2H3/t18-/m0/s1. The van der Waals surface area contributed by atoms with E-state index in [0.29, 0.717) is 18.3 Å². The van der Waals surface area contributed by atoms with E-state index in [1.165, 1.54) is 0 Å². The number of piperidine rings is 1. The molecular formula is C22H23N3O3. The molecule has 1 atom stereocenters. The number of rotatable bonds is 4. The zero-order valence-corrected chi connectivity index (χ0v) is 16.1. The molecule has 0 unspecified atom stereocenters. The van der Waals surface area contributed by atoms with Crippen molar-refractivity contribution in [2.24, 2.45) is 0 Å². The molecule has 1 aliphatic rings. The first-order valence-electron chi connectivity index (χ1n) is 9.48. The van der Waals surface area contributed by atoms with Crippen molar-refractivity contribution in [3.63, 3.8) is 0 Å². The van der Waals surface area contributed by atoms with Crippen molar-refractivity contribution in [2.75, 3.05) is 20.2 Å². The smallest absolute Gasteiger partial charge is 0.253 e. The number of ether oxygens (including phenoxy) is 1. The summed E-state index contributed by atoms with van der Waals surface area (Å²) in [5.41, 5.74) is 2.74. The lowest BCUT2D eigenvalue weighted by molar-refractivity contribution is 0.0695. The third kappa shape index (κ3) is 3.76. The van der Waals surface area contributed by atoms with Crippen molar-refractivity contribution >= 4 is 5.91 Å². The van der Waals surface area contributed by atoms with Gasteiger partial charge in [0.25, 0.3) is 5.91 Å². The fourth-order valence-corrected chi connectivity index (χ4v) is 3.50. The van der Waals surface area contributed by atoms with Crippen LogP contribution < -0.4 is 4.74 Å². The fraction of sp³-hybridized carbons (Fsp3) is 0.318. The number of hydrogen-bond donors (Lipinski definition) is 0. The predicted octanol–water partition coefficient (Wildman–Crippen LogP) is 4.07. The van der Waals surface area contributed by atoms with Crippen LogP contribution in [-0.4, -0.2) is 41.1 Å². The number of benzene rings is 2. The van der Waals surface area contributed by atoms with E-state index in [-0.39, 0.29) is 11.8 Å². The first kappa shape index (κ1) is 18.2. The molecule has 0 bridgehead atoms. The second-order valence-corrected chi connectivity index (χ2v) is 7.14. The van der Waals surface area contributed by atoms with Crippen molar-refractivity contribution in [3.05, 3.63) is 65.5 Å². The van der Waals surface area contributed by atoms with Gasteiger partial charge in [-0.05, 0) is 56.2 Å². The molecule has 1 fully saturated rings. The van der Waals surface area contributed by atoms with E-state index in [1.54, 1.807) is 7.11 Å². The molecule has 6 nitrogen and oxygen atoms in total. The number of hydrogen-bond acceptors (Lipinski definition) is 5. The van der Waals surface area contributed by atoms with E-state index < -0.39 is 0 Å². The molecule has 0 radical (unpaired) electrons. The summed E-state index contributed by atoms with van der Waals surface area (Å²) in [5.74, 6) is 2.04. The molecule has 6 heteroatoms. The van der Waals surface area contributed by atoms with E-state index in [4.69, 9.17) is 9.26 Å². The van der Waals surface area contributed by atoms with E-state index in [2.05, 4.69) is 10.1 Å². The Morgan fingerprint density at radius 2 is 1.89 bits per heavy atom. The number of amides is 1. The molecule has 0 aliphatic carbocycles. The Bertz CT molecular complexity index is 948. The van der Waals surface area contributed by atoms with Gasteiger partial charge < -0.3 is 14.2 Å². The maximum absolute atomic E-state index is 12.8. The summed E-state index contributed by atoms with van der Waals surface area (Å²) in [6, 6.07) is 15.2. The van der Waals surface area contributed by atoms with Crippen LogP contribution in [0.15, 0.2) is 53.1 Å². The van der Waals surface area contributed by atoms with Crippen LogP contribution in [0, 0.1) is 6.92 Å². The highest BCUT2D eigenvalue weighted by Gasteiger charge is 2.29. The van der Waals surface area contributed by atoms with Crippen molar-refractivity contribution in [1.29, 1.82) is 0 Å². The first-order valence-corrected chi connectivity index (χ1v) is 9.48. The topological polar surface area (TPSA) is 68.5 Å². The minimum absolute atomic E-state index is 0.0552. The van der Waals surface area contributed by atoms with Gasteiger partial charge in [-0.3, -0.25) is 4.79 Å². The number of aromatic nitrogens is 2. The molecule has 1 aliphatic heterocycles. The number of likely N-dealkylation sites (tertiary alicyclic amines) is 1. The monoisotopic (exact) mass is 377 g/mol. The summed E-state index contributed by atoms with van der Waals surface area (Å²) in [6.45, 7) is 3.36. The third-order valence-electron chi connectivity index (χ3n) is 5.15. The van der Waals surface area contributed by atoms with Crippen LogP contribution in [0.2, 0.25) is 0 Å². The zero-order chi connectivity index (χ0) is 19.5. The van der Waals surface area contributed by atoms with Crippen LogP contribution in [0.1, 0.15) is 40.6 Å². The second-order valence-electron chi connectivity index (χ2n) is 7.14. The average molecular weight is 377 g/mol. The SMILES string of the molecule is COc1ccc(-c2noc([C@H]3CCCN(C(=O)c4ccc(C)cc4)C3)n2)cc1. The highest BCUT2D eigenvalue weighted by atomic mass is 16.5. The number of methoxy groups -OCH3 is 1. The molecule has 0 N–H and O–H groups in total. The Labute approximate surface area is 164 Å². The summed E-state index contributed by atoms with van der Waals surface area (Å²) >= 11 is 0. The molecular weight excluding hydrogens is 354 g/mol. The number of carbonyl (C=O) groups excluding carboxylic acids is 1. The van der Waals surface area contributed by atoms with E-state index in [1.807, 2.05) is 60.4 Å². The Balaban J connectivity index is 1.48. The zero-order valence-electron chi connectivity index (χ0n) is 16.1. The van der Waals surface area contributed by atoms with E-state index >= 15 is 0 Å². The van der Waals surface area contributed by atoms with Gasteiger partial charge in [0, 0.05) is 24.2 Å². The van der Waals surface area contributed by atoms with Crippen molar-refractivity contribution in [1.82, 2.24) is 15.0 Å². The second kappa shape index (κ2) is 7.84. The fourth-order valence-electron chi connectivity index (χ4n) is 3.50. The number of aryl methyl sites for hydroxylation is 1. The molecule has 0 saturated carbocycles. The molecule has 2 aromatic carbocycles. The maximum Gasteiger partial charge on any atom is 0.253 e. The van der Waals surface area contributed by atoms with Crippen LogP contribution in [0.25, 0.3) is 11.4 Å². The third-order valence-corrected chi connectivity index (χ3v) is 5.15. The minimum Gasteiger partial charge on any atom is -0.497 e. The van der Waals surface area contributed by atoms with Crippen LogP contribution in [0.5, 0.6) is 5.75 Å². The first-order chi connectivity index (χ1) is 13.6. The summed E-state index contributed by atoms with van der Waals surface area (Å²) < 4.78 is 10.7. The molecule has 1 aromatic heterocycles. The highest BCUT2D eigenvalue weighted by molar-refractivity contribution is 5.94. The lowest BCUT2D eigenvalue weighted by Crippen LogP contribution is -2.39. The van der Waals surface area contributed by atoms with Gasteiger partial charge in [-0.1, -0.05) is 22.9 Å². The average Bonchev–Trinajstić information content (AvgIpc) is 3.24. The molecule has 4 rings (SSSR count). The van der Waals surface area contributed by atoms with Gasteiger partial charge in [0.05, 0.1) is 13.0 Å². The van der Waals surface area contributed by atoms with Crippen LogP contribution in [0.3, 0.4) is 0 Å². The van der Waals surface area contributed by atoms with Gasteiger partial charge in [0.2, 0.25) is 11.7 Å². The minimum atomic E-state index is 0.0552. The van der Waals surface area contributed by atoms with E-state index in [9.17, 15) is 4.79 Å².